The molecule has 1 saturated heterocycles. The zero-order valence-electron chi connectivity index (χ0n) is 9.67. The molecule has 0 amide bonds. The van der Waals surface area contributed by atoms with Crippen molar-refractivity contribution in [2.24, 2.45) is 5.92 Å². The summed E-state index contributed by atoms with van der Waals surface area (Å²) in [7, 11) is 0. The van der Waals surface area contributed by atoms with E-state index >= 15 is 0 Å². The lowest BCUT2D eigenvalue weighted by molar-refractivity contribution is 0.183. The lowest BCUT2D eigenvalue weighted by Gasteiger charge is -2.09. The van der Waals surface area contributed by atoms with Gasteiger partial charge in [0.15, 0.2) is 5.65 Å². The van der Waals surface area contributed by atoms with Gasteiger partial charge < -0.3 is 10.5 Å². The van der Waals surface area contributed by atoms with Gasteiger partial charge >= 0.3 is 0 Å². The van der Waals surface area contributed by atoms with Crippen molar-refractivity contribution >= 4 is 17.1 Å². The van der Waals surface area contributed by atoms with E-state index in [9.17, 15) is 0 Å². The fraction of sp³-hybridized carbons (Fsp3) is 0.500. The van der Waals surface area contributed by atoms with Crippen molar-refractivity contribution in [3.05, 3.63) is 18.3 Å². The summed E-state index contributed by atoms with van der Waals surface area (Å²) in [6.45, 7) is 2.64. The van der Waals surface area contributed by atoms with Gasteiger partial charge in [-0.25, -0.2) is 9.97 Å². The molecule has 0 aromatic carbocycles. The number of aromatic nitrogens is 3. The van der Waals surface area contributed by atoms with Gasteiger partial charge in [0.2, 0.25) is 5.95 Å². The number of hydrogen-bond acceptors (Lipinski definition) is 4. The predicted molar refractivity (Wildman–Crippen MR) is 65.5 cm³/mol. The van der Waals surface area contributed by atoms with E-state index in [4.69, 9.17) is 10.5 Å². The normalized spacial score (nSPS) is 20.1. The molecule has 3 rings (SSSR count). The first-order chi connectivity index (χ1) is 8.34. The van der Waals surface area contributed by atoms with Crippen molar-refractivity contribution in [2.75, 3.05) is 18.9 Å². The minimum Gasteiger partial charge on any atom is -0.381 e. The molecular formula is C12H16N4O. The zero-order valence-corrected chi connectivity index (χ0v) is 9.67. The second kappa shape index (κ2) is 4.33. The van der Waals surface area contributed by atoms with Crippen LogP contribution < -0.4 is 5.73 Å². The Kier molecular flexibility index (Phi) is 2.68. The number of aryl methyl sites for hydroxylation is 1. The SMILES string of the molecule is Nc1nc2cccnc2n1CCC1CCOC1. The highest BCUT2D eigenvalue weighted by Crippen LogP contribution is 2.20. The Morgan fingerprint density at radius 2 is 2.47 bits per heavy atom. The summed E-state index contributed by atoms with van der Waals surface area (Å²) < 4.78 is 7.37. The maximum absolute atomic E-state index is 5.92. The highest BCUT2D eigenvalue weighted by Gasteiger charge is 2.17. The molecule has 0 saturated carbocycles. The molecule has 2 aromatic heterocycles. The minimum absolute atomic E-state index is 0.553. The van der Waals surface area contributed by atoms with Crippen LogP contribution in [0.25, 0.3) is 11.2 Å². The molecule has 1 aliphatic heterocycles. The van der Waals surface area contributed by atoms with Crippen LogP contribution in [0.15, 0.2) is 18.3 Å². The number of ether oxygens (including phenoxy) is 1. The molecular weight excluding hydrogens is 216 g/mol. The van der Waals surface area contributed by atoms with E-state index in [-0.39, 0.29) is 0 Å². The van der Waals surface area contributed by atoms with Gasteiger partial charge in [-0.05, 0) is 30.9 Å². The zero-order chi connectivity index (χ0) is 11.7. The van der Waals surface area contributed by atoms with Crippen molar-refractivity contribution in [3.63, 3.8) is 0 Å². The molecule has 1 unspecified atom stereocenters. The number of pyridine rings is 1. The smallest absolute Gasteiger partial charge is 0.202 e. The van der Waals surface area contributed by atoms with Crippen LogP contribution in [0.2, 0.25) is 0 Å². The molecule has 0 aliphatic carbocycles. The fourth-order valence-corrected chi connectivity index (χ4v) is 2.32. The Morgan fingerprint density at radius 3 is 3.29 bits per heavy atom. The molecule has 0 bridgehead atoms. The lowest BCUT2D eigenvalue weighted by Crippen LogP contribution is -2.09. The molecule has 5 nitrogen and oxygen atoms in total. The van der Waals surface area contributed by atoms with E-state index in [1.165, 1.54) is 0 Å². The van der Waals surface area contributed by atoms with Gasteiger partial charge in [0, 0.05) is 26.0 Å². The van der Waals surface area contributed by atoms with Gasteiger partial charge in [0.25, 0.3) is 0 Å². The standard InChI is InChI=1S/C12H16N4O/c13-12-15-10-2-1-5-14-11(10)16(12)6-3-9-4-7-17-8-9/h1-2,5,9H,3-4,6-8H2,(H2,13,15). The molecule has 90 valence electrons. The summed E-state index contributed by atoms with van der Waals surface area (Å²) in [6, 6.07) is 3.82. The average Bonchev–Trinajstić information content (AvgIpc) is 2.93. The van der Waals surface area contributed by atoms with Crippen molar-refractivity contribution in [1.29, 1.82) is 0 Å². The van der Waals surface area contributed by atoms with Crippen LogP contribution in [0, 0.1) is 5.92 Å². The Balaban J connectivity index is 1.81. The maximum Gasteiger partial charge on any atom is 0.202 e. The van der Waals surface area contributed by atoms with Crippen LogP contribution in [0.5, 0.6) is 0 Å². The van der Waals surface area contributed by atoms with Gasteiger partial charge in [-0.3, -0.25) is 4.57 Å². The van der Waals surface area contributed by atoms with Gasteiger partial charge in [0.1, 0.15) is 5.52 Å². The monoisotopic (exact) mass is 232 g/mol. The highest BCUT2D eigenvalue weighted by molar-refractivity contribution is 5.73. The lowest BCUT2D eigenvalue weighted by atomic mass is 10.1. The third-order valence-electron chi connectivity index (χ3n) is 3.32. The van der Waals surface area contributed by atoms with Gasteiger partial charge in [-0.15, -0.1) is 0 Å². The van der Waals surface area contributed by atoms with Crippen LogP contribution in [-0.2, 0) is 11.3 Å². The van der Waals surface area contributed by atoms with E-state index in [0.29, 0.717) is 11.9 Å². The number of nitrogens with two attached hydrogens (primary N) is 1. The molecule has 1 aliphatic rings. The summed E-state index contributed by atoms with van der Waals surface area (Å²) in [4.78, 5) is 8.64. The van der Waals surface area contributed by atoms with Crippen molar-refractivity contribution in [1.82, 2.24) is 14.5 Å². The fourth-order valence-electron chi connectivity index (χ4n) is 2.32. The topological polar surface area (TPSA) is 66.0 Å². The second-order valence-corrected chi connectivity index (χ2v) is 4.49. The number of rotatable bonds is 3. The van der Waals surface area contributed by atoms with Gasteiger partial charge in [-0.1, -0.05) is 0 Å². The largest absolute Gasteiger partial charge is 0.381 e. The van der Waals surface area contributed by atoms with Crippen LogP contribution >= 0.6 is 0 Å². The second-order valence-electron chi connectivity index (χ2n) is 4.49. The van der Waals surface area contributed by atoms with Gasteiger partial charge in [0.05, 0.1) is 0 Å². The molecule has 1 atom stereocenters. The Bertz CT molecular complexity index is 516. The summed E-state index contributed by atoms with van der Waals surface area (Å²) in [5.41, 5.74) is 7.67. The quantitative estimate of drug-likeness (QED) is 0.869. The molecule has 2 N–H and O–H groups in total. The van der Waals surface area contributed by atoms with E-state index in [2.05, 4.69) is 9.97 Å². The first-order valence-electron chi connectivity index (χ1n) is 5.99. The number of hydrogen-bond donors (Lipinski definition) is 1. The van der Waals surface area contributed by atoms with Gasteiger partial charge in [-0.2, -0.15) is 0 Å². The van der Waals surface area contributed by atoms with Crippen LogP contribution in [0.4, 0.5) is 5.95 Å². The van der Waals surface area contributed by atoms with Crippen molar-refractivity contribution in [2.45, 2.75) is 19.4 Å². The molecule has 5 heteroatoms. The number of imidazole rings is 1. The summed E-state index contributed by atoms with van der Waals surface area (Å²) >= 11 is 0. The minimum atomic E-state index is 0.553. The average molecular weight is 232 g/mol. The number of fused-ring (bicyclic) bond motifs is 1. The highest BCUT2D eigenvalue weighted by atomic mass is 16.5. The molecule has 2 aromatic rings. The molecule has 1 fully saturated rings. The first kappa shape index (κ1) is 10.5. The van der Waals surface area contributed by atoms with E-state index in [1.54, 1.807) is 6.20 Å². The maximum atomic E-state index is 5.92. The first-order valence-corrected chi connectivity index (χ1v) is 5.99. The molecule has 0 radical (unpaired) electrons. The number of nitrogen functional groups attached to an aromatic ring is 1. The van der Waals surface area contributed by atoms with Crippen molar-refractivity contribution in [3.8, 4) is 0 Å². The van der Waals surface area contributed by atoms with Crippen LogP contribution in [-0.4, -0.2) is 27.7 Å². The molecule has 17 heavy (non-hydrogen) atoms. The Labute approximate surface area is 99.6 Å². The predicted octanol–water partition coefficient (Wildman–Crippen LogP) is 1.44. The summed E-state index contributed by atoms with van der Waals surface area (Å²) in [6.07, 6.45) is 4.00. The summed E-state index contributed by atoms with van der Waals surface area (Å²) in [5.74, 6) is 1.20. The third-order valence-corrected chi connectivity index (χ3v) is 3.32. The van der Waals surface area contributed by atoms with E-state index < -0.39 is 0 Å². The van der Waals surface area contributed by atoms with Crippen LogP contribution in [0.3, 0.4) is 0 Å². The Hall–Kier alpha value is -1.62. The third kappa shape index (κ3) is 1.98. The summed E-state index contributed by atoms with van der Waals surface area (Å²) in [5, 5.41) is 0. The Morgan fingerprint density at radius 1 is 1.53 bits per heavy atom. The van der Waals surface area contributed by atoms with E-state index in [0.717, 1.165) is 43.8 Å². The molecule has 0 spiro atoms. The number of nitrogens with zero attached hydrogens (tertiary/aromatic N) is 3. The van der Waals surface area contributed by atoms with Crippen molar-refractivity contribution < 1.29 is 4.74 Å². The van der Waals surface area contributed by atoms with E-state index in [1.807, 2.05) is 16.7 Å². The number of anilines is 1. The van der Waals surface area contributed by atoms with Crippen LogP contribution in [0.1, 0.15) is 12.8 Å². The molecule has 3 heterocycles.